The summed E-state index contributed by atoms with van der Waals surface area (Å²) in [4.78, 5) is 0. The molecule has 0 aliphatic carbocycles. The van der Waals surface area contributed by atoms with Crippen LogP contribution in [0.4, 0.5) is 4.39 Å². The van der Waals surface area contributed by atoms with Crippen molar-refractivity contribution in [1.82, 2.24) is 0 Å². The Bertz CT molecular complexity index is 619. The minimum Gasteiger partial charge on any atom is -0.493 e. The van der Waals surface area contributed by atoms with Crippen molar-refractivity contribution >= 4 is 11.6 Å². The molecule has 0 aromatic heterocycles. The summed E-state index contributed by atoms with van der Waals surface area (Å²) < 4.78 is 23.8. The third-order valence-electron chi connectivity index (χ3n) is 3.07. The molecule has 0 aliphatic heterocycles. The standard InChI is InChI=1S/C15H15ClFNO2/c1-19-13-5-3-4-10(15(13)20-2)14(18)9-6-7-12(17)11(16)8-9/h3-8,14H,18H2,1-2H3. The highest BCUT2D eigenvalue weighted by Crippen LogP contribution is 2.36. The van der Waals surface area contributed by atoms with Crippen molar-refractivity contribution in [1.29, 1.82) is 0 Å². The van der Waals surface area contributed by atoms with E-state index in [-0.39, 0.29) is 5.02 Å². The second-order valence-corrected chi connectivity index (χ2v) is 4.64. The van der Waals surface area contributed by atoms with Gasteiger partial charge in [-0.25, -0.2) is 4.39 Å². The highest BCUT2D eigenvalue weighted by atomic mass is 35.5. The fraction of sp³-hybridized carbons (Fsp3) is 0.200. The molecule has 5 heteroatoms. The molecule has 0 amide bonds. The smallest absolute Gasteiger partial charge is 0.165 e. The lowest BCUT2D eigenvalue weighted by Gasteiger charge is -2.18. The van der Waals surface area contributed by atoms with Crippen LogP contribution in [0.5, 0.6) is 11.5 Å². The lowest BCUT2D eigenvalue weighted by Crippen LogP contribution is -2.13. The molecule has 0 saturated carbocycles. The third-order valence-corrected chi connectivity index (χ3v) is 3.36. The number of hydrogen-bond acceptors (Lipinski definition) is 3. The molecule has 0 heterocycles. The topological polar surface area (TPSA) is 44.5 Å². The van der Waals surface area contributed by atoms with Gasteiger partial charge >= 0.3 is 0 Å². The highest BCUT2D eigenvalue weighted by molar-refractivity contribution is 6.30. The van der Waals surface area contributed by atoms with Crippen LogP contribution < -0.4 is 15.2 Å². The first-order valence-corrected chi connectivity index (χ1v) is 6.37. The Labute approximate surface area is 122 Å². The van der Waals surface area contributed by atoms with E-state index in [0.717, 1.165) is 5.56 Å². The van der Waals surface area contributed by atoms with E-state index < -0.39 is 11.9 Å². The van der Waals surface area contributed by atoms with Crippen molar-refractivity contribution in [2.75, 3.05) is 14.2 Å². The monoisotopic (exact) mass is 295 g/mol. The van der Waals surface area contributed by atoms with Crippen LogP contribution in [0, 0.1) is 5.82 Å². The minimum atomic E-state index is -0.488. The molecule has 0 saturated heterocycles. The highest BCUT2D eigenvalue weighted by Gasteiger charge is 2.18. The summed E-state index contributed by atoms with van der Waals surface area (Å²) in [6, 6.07) is 9.37. The number of nitrogens with two attached hydrogens (primary N) is 1. The molecule has 1 unspecified atom stereocenters. The summed E-state index contributed by atoms with van der Waals surface area (Å²) >= 11 is 5.79. The van der Waals surface area contributed by atoms with Gasteiger partial charge in [0.2, 0.25) is 0 Å². The molecule has 20 heavy (non-hydrogen) atoms. The van der Waals surface area contributed by atoms with Crippen molar-refractivity contribution in [3.8, 4) is 11.5 Å². The lowest BCUT2D eigenvalue weighted by atomic mass is 9.98. The van der Waals surface area contributed by atoms with Crippen LogP contribution in [-0.4, -0.2) is 14.2 Å². The zero-order valence-electron chi connectivity index (χ0n) is 11.2. The van der Waals surface area contributed by atoms with E-state index in [0.29, 0.717) is 17.1 Å². The number of hydrogen-bond donors (Lipinski definition) is 1. The number of benzene rings is 2. The van der Waals surface area contributed by atoms with Gasteiger partial charge in [0.1, 0.15) is 5.82 Å². The van der Waals surface area contributed by atoms with Gasteiger partial charge < -0.3 is 15.2 Å². The van der Waals surface area contributed by atoms with E-state index in [9.17, 15) is 4.39 Å². The molecular weight excluding hydrogens is 281 g/mol. The van der Waals surface area contributed by atoms with Crippen LogP contribution in [0.1, 0.15) is 17.2 Å². The Hall–Kier alpha value is -1.78. The van der Waals surface area contributed by atoms with Gasteiger partial charge in [0.15, 0.2) is 11.5 Å². The number of rotatable bonds is 4. The zero-order valence-corrected chi connectivity index (χ0v) is 11.9. The summed E-state index contributed by atoms with van der Waals surface area (Å²) in [7, 11) is 3.10. The average molecular weight is 296 g/mol. The van der Waals surface area contributed by atoms with Crippen molar-refractivity contribution in [3.63, 3.8) is 0 Å². The van der Waals surface area contributed by atoms with Crippen molar-refractivity contribution in [2.24, 2.45) is 5.73 Å². The van der Waals surface area contributed by atoms with E-state index in [2.05, 4.69) is 0 Å². The Morgan fingerprint density at radius 3 is 2.50 bits per heavy atom. The number of halogens is 2. The molecule has 0 fully saturated rings. The summed E-state index contributed by atoms with van der Waals surface area (Å²) in [6.07, 6.45) is 0. The van der Waals surface area contributed by atoms with E-state index in [1.807, 2.05) is 12.1 Å². The Balaban J connectivity index is 2.47. The van der Waals surface area contributed by atoms with Crippen molar-refractivity contribution < 1.29 is 13.9 Å². The second-order valence-electron chi connectivity index (χ2n) is 4.23. The van der Waals surface area contributed by atoms with E-state index in [1.54, 1.807) is 26.4 Å². The first-order valence-electron chi connectivity index (χ1n) is 6.00. The molecule has 2 rings (SSSR count). The predicted molar refractivity (Wildman–Crippen MR) is 77.0 cm³/mol. The normalized spacial score (nSPS) is 12.1. The van der Waals surface area contributed by atoms with Crippen LogP contribution >= 0.6 is 11.6 Å². The van der Waals surface area contributed by atoms with Crippen LogP contribution in [0.2, 0.25) is 5.02 Å². The maximum Gasteiger partial charge on any atom is 0.165 e. The summed E-state index contributed by atoms with van der Waals surface area (Å²) in [6.45, 7) is 0. The zero-order chi connectivity index (χ0) is 14.7. The molecule has 0 bridgehead atoms. The first kappa shape index (κ1) is 14.6. The van der Waals surface area contributed by atoms with Crippen LogP contribution in [0.3, 0.4) is 0 Å². The maximum atomic E-state index is 13.2. The predicted octanol–water partition coefficient (Wildman–Crippen LogP) is 3.54. The quantitative estimate of drug-likeness (QED) is 0.938. The second kappa shape index (κ2) is 6.11. The molecule has 0 radical (unpaired) electrons. The lowest BCUT2D eigenvalue weighted by molar-refractivity contribution is 0.350. The van der Waals surface area contributed by atoms with Gasteiger partial charge in [-0.15, -0.1) is 0 Å². The minimum absolute atomic E-state index is 0.0415. The molecule has 2 N–H and O–H groups in total. The molecular formula is C15H15ClFNO2. The van der Waals surface area contributed by atoms with E-state index >= 15 is 0 Å². The summed E-state index contributed by atoms with van der Waals surface area (Å²) in [5.74, 6) is 0.678. The van der Waals surface area contributed by atoms with E-state index in [4.69, 9.17) is 26.8 Å². The molecule has 0 aliphatic rings. The van der Waals surface area contributed by atoms with Crippen molar-refractivity contribution in [2.45, 2.75) is 6.04 Å². The molecule has 106 valence electrons. The van der Waals surface area contributed by atoms with Gasteiger partial charge in [0.25, 0.3) is 0 Å². The summed E-state index contributed by atoms with van der Waals surface area (Å²) in [5.41, 5.74) is 7.66. The fourth-order valence-corrected chi connectivity index (χ4v) is 2.23. The molecule has 3 nitrogen and oxygen atoms in total. The Morgan fingerprint density at radius 1 is 1.15 bits per heavy atom. The SMILES string of the molecule is COc1cccc(C(N)c2ccc(F)c(Cl)c2)c1OC. The summed E-state index contributed by atoms with van der Waals surface area (Å²) in [5, 5.41) is 0.0415. The van der Waals surface area contributed by atoms with Gasteiger partial charge in [-0.1, -0.05) is 29.8 Å². The third kappa shape index (κ3) is 2.71. The van der Waals surface area contributed by atoms with Gasteiger partial charge in [-0.05, 0) is 23.8 Å². The van der Waals surface area contributed by atoms with Crippen LogP contribution in [0.25, 0.3) is 0 Å². The van der Waals surface area contributed by atoms with Gasteiger partial charge in [-0.2, -0.15) is 0 Å². The van der Waals surface area contributed by atoms with Crippen molar-refractivity contribution in [3.05, 3.63) is 58.4 Å². The van der Waals surface area contributed by atoms with Crippen LogP contribution in [0.15, 0.2) is 36.4 Å². The molecule has 2 aromatic carbocycles. The maximum absolute atomic E-state index is 13.2. The number of methoxy groups -OCH3 is 2. The van der Waals surface area contributed by atoms with E-state index in [1.165, 1.54) is 12.1 Å². The average Bonchev–Trinajstić information content (AvgIpc) is 2.48. The van der Waals surface area contributed by atoms with Crippen LogP contribution in [-0.2, 0) is 0 Å². The fourth-order valence-electron chi connectivity index (χ4n) is 2.04. The van der Waals surface area contributed by atoms with Gasteiger partial charge in [-0.3, -0.25) is 0 Å². The Morgan fingerprint density at radius 2 is 1.90 bits per heavy atom. The van der Waals surface area contributed by atoms with Gasteiger partial charge in [0.05, 0.1) is 25.3 Å². The first-order chi connectivity index (χ1) is 9.58. The molecule has 1 atom stereocenters. The van der Waals surface area contributed by atoms with Gasteiger partial charge in [0, 0.05) is 5.56 Å². The largest absolute Gasteiger partial charge is 0.493 e. The molecule has 2 aromatic rings. The number of ether oxygens (including phenoxy) is 2. The molecule has 0 spiro atoms. The Kier molecular flexibility index (Phi) is 4.47. The number of para-hydroxylation sites is 1.